The molecule has 2 heterocycles. The van der Waals surface area contributed by atoms with Gasteiger partial charge in [0.15, 0.2) is 5.96 Å². The van der Waals surface area contributed by atoms with Gasteiger partial charge in [-0.3, -0.25) is 4.99 Å². The zero-order valence-corrected chi connectivity index (χ0v) is 14.9. The summed E-state index contributed by atoms with van der Waals surface area (Å²) in [7, 11) is 0. The van der Waals surface area contributed by atoms with E-state index in [4.69, 9.17) is 0 Å². The lowest BCUT2D eigenvalue weighted by atomic mass is 10.3. The summed E-state index contributed by atoms with van der Waals surface area (Å²) >= 11 is 1.78. The summed E-state index contributed by atoms with van der Waals surface area (Å²) in [6.07, 6.45) is 3.66. The van der Waals surface area contributed by atoms with Crippen molar-refractivity contribution in [3.05, 3.63) is 34.5 Å². The largest absolute Gasteiger partial charge is 0.355 e. The van der Waals surface area contributed by atoms with Crippen molar-refractivity contribution in [1.29, 1.82) is 0 Å². The summed E-state index contributed by atoms with van der Waals surface area (Å²) in [6, 6.07) is 4.59. The van der Waals surface area contributed by atoms with E-state index in [1.807, 2.05) is 0 Å². The molecule has 0 aliphatic heterocycles. The molecule has 0 radical (unpaired) electrons. The molecular weight excluding hydrogens is 308 g/mol. The number of rotatable bonds is 8. The third-order valence-corrected chi connectivity index (χ3v) is 4.23. The number of nitrogens with zero attached hydrogens (tertiary/aromatic N) is 4. The fourth-order valence-electron chi connectivity index (χ4n) is 2.19. The molecule has 126 valence electrons. The van der Waals surface area contributed by atoms with E-state index in [2.05, 4.69) is 68.7 Å². The van der Waals surface area contributed by atoms with Crippen LogP contribution in [0.25, 0.3) is 0 Å². The van der Waals surface area contributed by atoms with E-state index in [0.717, 1.165) is 44.3 Å². The van der Waals surface area contributed by atoms with E-state index in [-0.39, 0.29) is 0 Å². The molecule has 2 rings (SSSR count). The third kappa shape index (κ3) is 6.02. The molecule has 0 saturated heterocycles. The molecule has 23 heavy (non-hydrogen) atoms. The lowest BCUT2D eigenvalue weighted by Gasteiger charge is -2.15. The van der Waals surface area contributed by atoms with Gasteiger partial charge in [-0.1, -0.05) is 13.0 Å². The van der Waals surface area contributed by atoms with Crippen LogP contribution in [0.1, 0.15) is 31.5 Å². The van der Waals surface area contributed by atoms with Crippen LogP contribution in [-0.2, 0) is 19.4 Å². The number of hydrogen-bond acceptors (Lipinski definition) is 4. The normalized spacial score (nSPS) is 11.9. The summed E-state index contributed by atoms with van der Waals surface area (Å²) in [6.45, 7) is 8.74. The monoisotopic (exact) mass is 334 g/mol. The quantitative estimate of drug-likeness (QED) is 0.573. The molecule has 0 aromatic carbocycles. The van der Waals surface area contributed by atoms with Crippen LogP contribution >= 0.6 is 11.3 Å². The number of thiophene rings is 1. The first-order chi connectivity index (χ1) is 11.2. The van der Waals surface area contributed by atoms with E-state index >= 15 is 0 Å². The Morgan fingerprint density at radius 2 is 2.30 bits per heavy atom. The summed E-state index contributed by atoms with van der Waals surface area (Å²) < 4.78 is 2.08. The maximum atomic E-state index is 4.66. The Morgan fingerprint density at radius 1 is 1.43 bits per heavy atom. The Bertz CT molecular complexity index is 587. The Hall–Kier alpha value is -1.89. The lowest BCUT2D eigenvalue weighted by molar-refractivity contribution is 0.622. The van der Waals surface area contributed by atoms with Crippen LogP contribution in [0.2, 0.25) is 0 Å². The predicted molar refractivity (Wildman–Crippen MR) is 96.0 cm³/mol. The zero-order chi connectivity index (χ0) is 16.5. The smallest absolute Gasteiger partial charge is 0.191 e. The second kappa shape index (κ2) is 9.29. The zero-order valence-electron chi connectivity index (χ0n) is 14.1. The number of aryl methyl sites for hydroxylation is 1. The highest BCUT2D eigenvalue weighted by Crippen LogP contribution is 2.08. The minimum absolute atomic E-state index is 0.351. The fourth-order valence-corrected chi connectivity index (χ4v) is 2.89. The van der Waals surface area contributed by atoms with Crippen molar-refractivity contribution in [2.45, 2.75) is 46.2 Å². The first-order valence-corrected chi connectivity index (χ1v) is 9.01. The van der Waals surface area contributed by atoms with E-state index < -0.39 is 0 Å². The topological polar surface area (TPSA) is 67.1 Å². The highest BCUT2D eigenvalue weighted by molar-refractivity contribution is 7.09. The molecule has 0 atom stereocenters. The predicted octanol–water partition coefficient (Wildman–Crippen LogP) is 2.09. The first kappa shape index (κ1) is 17.5. The molecule has 2 aromatic heterocycles. The second-order valence-corrected chi connectivity index (χ2v) is 6.61. The maximum absolute atomic E-state index is 4.66. The molecule has 0 saturated carbocycles. The minimum atomic E-state index is 0.351. The molecule has 0 aliphatic rings. The molecule has 2 N–H and O–H groups in total. The second-order valence-electron chi connectivity index (χ2n) is 5.58. The average molecular weight is 334 g/mol. The van der Waals surface area contributed by atoms with Crippen LogP contribution < -0.4 is 10.6 Å². The first-order valence-electron chi connectivity index (χ1n) is 8.13. The maximum Gasteiger partial charge on any atom is 0.191 e. The number of aliphatic imine (C=N–C) groups is 1. The molecule has 0 spiro atoms. The van der Waals surface area contributed by atoms with Gasteiger partial charge in [-0.05, 0) is 25.3 Å². The van der Waals surface area contributed by atoms with Gasteiger partial charge in [-0.25, -0.2) is 0 Å². The van der Waals surface area contributed by atoms with Gasteiger partial charge in [0.05, 0.1) is 0 Å². The molecule has 0 amide bonds. The van der Waals surface area contributed by atoms with Crippen LogP contribution in [-0.4, -0.2) is 39.9 Å². The Balaban J connectivity index is 1.82. The van der Waals surface area contributed by atoms with E-state index in [1.165, 1.54) is 4.88 Å². The highest BCUT2D eigenvalue weighted by atomic mass is 32.1. The van der Waals surface area contributed by atoms with Gasteiger partial charge in [0.25, 0.3) is 0 Å². The van der Waals surface area contributed by atoms with Gasteiger partial charge in [-0.15, -0.1) is 21.5 Å². The van der Waals surface area contributed by atoms with Crippen LogP contribution in [0, 0.1) is 0 Å². The summed E-state index contributed by atoms with van der Waals surface area (Å²) in [5.74, 6) is 1.88. The fraction of sp³-hybridized carbons (Fsp3) is 0.562. The van der Waals surface area contributed by atoms with Crippen LogP contribution in [0.3, 0.4) is 0 Å². The van der Waals surface area contributed by atoms with E-state index in [0.29, 0.717) is 6.04 Å². The number of guanidine groups is 1. The molecule has 7 heteroatoms. The Kier molecular flexibility index (Phi) is 7.06. The number of aromatic nitrogens is 3. The molecule has 0 aliphatic carbocycles. The van der Waals surface area contributed by atoms with Crippen molar-refractivity contribution < 1.29 is 0 Å². The van der Waals surface area contributed by atoms with Crippen molar-refractivity contribution in [1.82, 2.24) is 25.4 Å². The van der Waals surface area contributed by atoms with Crippen LogP contribution in [0.4, 0.5) is 0 Å². The Morgan fingerprint density at radius 3 is 3.00 bits per heavy atom. The van der Waals surface area contributed by atoms with Crippen molar-refractivity contribution in [2.75, 3.05) is 13.1 Å². The van der Waals surface area contributed by atoms with Gasteiger partial charge < -0.3 is 15.2 Å². The van der Waals surface area contributed by atoms with E-state index in [9.17, 15) is 0 Å². The average Bonchev–Trinajstić information content (AvgIpc) is 3.17. The van der Waals surface area contributed by atoms with Crippen molar-refractivity contribution in [2.24, 2.45) is 4.99 Å². The van der Waals surface area contributed by atoms with E-state index in [1.54, 1.807) is 17.7 Å². The van der Waals surface area contributed by atoms with Crippen LogP contribution in [0.15, 0.2) is 28.8 Å². The molecule has 0 bridgehead atoms. The molecule has 2 aromatic rings. The summed E-state index contributed by atoms with van der Waals surface area (Å²) in [5.41, 5.74) is 0. The summed E-state index contributed by atoms with van der Waals surface area (Å²) in [5, 5.41) is 16.9. The van der Waals surface area contributed by atoms with Crippen LogP contribution in [0.5, 0.6) is 0 Å². The molecular formula is C16H26N6S. The van der Waals surface area contributed by atoms with Gasteiger partial charge in [0, 0.05) is 43.4 Å². The van der Waals surface area contributed by atoms with Crippen molar-refractivity contribution >= 4 is 17.3 Å². The SMILES string of the molecule is CCc1nncn1CCNC(=NCCc1cccs1)NC(C)C. The third-order valence-electron chi connectivity index (χ3n) is 3.29. The van der Waals surface area contributed by atoms with Gasteiger partial charge in [0.1, 0.15) is 12.2 Å². The van der Waals surface area contributed by atoms with Gasteiger partial charge >= 0.3 is 0 Å². The molecule has 0 fully saturated rings. The molecule has 0 unspecified atom stereocenters. The van der Waals surface area contributed by atoms with Gasteiger partial charge in [0.2, 0.25) is 0 Å². The number of nitrogens with one attached hydrogen (secondary N) is 2. The van der Waals surface area contributed by atoms with Gasteiger partial charge in [-0.2, -0.15) is 0 Å². The number of hydrogen-bond donors (Lipinski definition) is 2. The molecule has 6 nitrogen and oxygen atoms in total. The highest BCUT2D eigenvalue weighted by Gasteiger charge is 2.04. The van der Waals surface area contributed by atoms with Crippen molar-refractivity contribution in [3.8, 4) is 0 Å². The van der Waals surface area contributed by atoms with Crippen molar-refractivity contribution in [3.63, 3.8) is 0 Å². The standard InChI is InChI=1S/C16H26N6S/c1-4-15-21-19-12-22(15)10-9-18-16(20-13(2)3)17-8-7-14-6-5-11-23-14/h5-6,11-13H,4,7-10H2,1-3H3,(H2,17,18,20). The lowest BCUT2D eigenvalue weighted by Crippen LogP contribution is -2.42. The summed E-state index contributed by atoms with van der Waals surface area (Å²) in [4.78, 5) is 6.03. The Labute approximate surface area is 142 Å². The minimum Gasteiger partial charge on any atom is -0.355 e.